The van der Waals surface area contributed by atoms with Crippen molar-refractivity contribution in [3.63, 3.8) is 0 Å². The molecule has 0 aliphatic carbocycles. The number of amides is 4. The lowest BCUT2D eigenvalue weighted by atomic mass is 9.89. The molecule has 0 spiro atoms. The number of nitrogens with one attached hydrogen (secondary N) is 3. The molecule has 0 aromatic heterocycles. The van der Waals surface area contributed by atoms with E-state index >= 15 is 0 Å². The topological polar surface area (TPSA) is 202 Å². The zero-order chi connectivity index (χ0) is 41.4. The van der Waals surface area contributed by atoms with Gasteiger partial charge < -0.3 is 45.2 Å². The predicted molar refractivity (Wildman–Crippen MR) is 209 cm³/mol. The van der Waals surface area contributed by atoms with Crippen LogP contribution in [0.1, 0.15) is 79.7 Å². The number of nitrogens with two attached hydrogens (primary N) is 1. The van der Waals surface area contributed by atoms with Crippen LogP contribution in [0.15, 0.2) is 30.3 Å². The molecule has 1 aliphatic rings. The van der Waals surface area contributed by atoms with E-state index < -0.39 is 60.2 Å². The molecule has 55 heavy (non-hydrogen) atoms. The first-order chi connectivity index (χ1) is 26.0. The van der Waals surface area contributed by atoms with Crippen LogP contribution in [0.25, 0.3) is 0 Å². The lowest BCUT2D eigenvalue weighted by molar-refractivity contribution is -0.148. The first kappa shape index (κ1) is 47.5. The molecule has 0 saturated carbocycles. The number of hydrogen-bond acceptors (Lipinski definition) is 10. The van der Waals surface area contributed by atoms with Gasteiger partial charge in [-0.1, -0.05) is 85.2 Å². The number of likely N-dealkylation sites (tertiary alicyclic amines) is 1. The SMILES string of the molecule is CCC(C)C(C(CC(=O)N1CCCC1C(OC)C(C)C(=O)NC(Cc1ccccc1)C(=O)O)OC)N(C)C(=O)C(NC(=O)C(NCCON)C(C)C)C(C)C. The Morgan fingerprint density at radius 3 is 2.11 bits per heavy atom. The molecule has 9 unspecified atom stereocenters. The number of carboxylic acid groups (broad SMARTS) is 1. The molecule has 0 bridgehead atoms. The smallest absolute Gasteiger partial charge is 0.326 e. The molecule has 2 rings (SSSR count). The molecule has 6 N–H and O–H groups in total. The van der Waals surface area contributed by atoms with Gasteiger partial charge in [0.05, 0.1) is 49.3 Å². The highest BCUT2D eigenvalue weighted by atomic mass is 16.6. The van der Waals surface area contributed by atoms with Crippen molar-refractivity contribution in [3.05, 3.63) is 35.9 Å². The standard InChI is InChI=1S/C40H68N6O9/c1-11-26(6)35(45(8)39(50)34(25(4)5)44-38(49)33(24(2)3)42-19-21-55-41)31(53-9)23-32(47)46-20-15-18-30(46)36(54-10)27(7)37(48)43-29(40(51)52)22-28-16-13-12-14-17-28/h12-14,16-17,24-27,29-31,33-36,42H,11,15,18-23,41H2,1-10H3,(H,43,48)(H,44,49)(H,51,52). The van der Waals surface area contributed by atoms with E-state index in [9.17, 15) is 29.1 Å². The molecule has 4 amide bonds. The van der Waals surface area contributed by atoms with Gasteiger partial charge in [0.2, 0.25) is 23.6 Å². The summed E-state index contributed by atoms with van der Waals surface area (Å²) in [6.45, 7) is 14.3. The Kier molecular flexibility index (Phi) is 20.3. The molecular weight excluding hydrogens is 708 g/mol. The molecular formula is C40H68N6O9. The number of nitrogens with zero attached hydrogens (tertiary/aromatic N) is 2. The number of ether oxygens (including phenoxy) is 2. The van der Waals surface area contributed by atoms with E-state index in [1.807, 2.05) is 71.9 Å². The van der Waals surface area contributed by atoms with E-state index in [1.165, 1.54) is 14.2 Å². The quantitative estimate of drug-likeness (QED) is 0.0763. The van der Waals surface area contributed by atoms with Gasteiger partial charge in [-0.15, -0.1) is 0 Å². The third-order valence-electron chi connectivity index (χ3n) is 10.9. The summed E-state index contributed by atoms with van der Waals surface area (Å²) in [5, 5.41) is 18.7. The van der Waals surface area contributed by atoms with Gasteiger partial charge in [0, 0.05) is 40.8 Å². The summed E-state index contributed by atoms with van der Waals surface area (Å²) in [5.74, 6) is 1.59. The van der Waals surface area contributed by atoms with E-state index in [0.717, 1.165) is 5.56 Å². The first-order valence-corrected chi connectivity index (χ1v) is 19.6. The summed E-state index contributed by atoms with van der Waals surface area (Å²) >= 11 is 0. The minimum absolute atomic E-state index is 0.0317. The Morgan fingerprint density at radius 1 is 0.945 bits per heavy atom. The Balaban J connectivity index is 2.26. The van der Waals surface area contributed by atoms with E-state index in [0.29, 0.717) is 32.4 Å². The Morgan fingerprint density at radius 2 is 1.58 bits per heavy atom. The zero-order valence-electron chi connectivity index (χ0n) is 34.6. The summed E-state index contributed by atoms with van der Waals surface area (Å²) in [4.78, 5) is 75.5. The second kappa shape index (κ2) is 23.4. The Labute approximate surface area is 327 Å². The van der Waals surface area contributed by atoms with Crippen LogP contribution >= 0.6 is 0 Å². The molecule has 1 heterocycles. The Bertz CT molecular complexity index is 1370. The number of carboxylic acids is 1. The van der Waals surface area contributed by atoms with Gasteiger partial charge in [0.1, 0.15) is 12.1 Å². The van der Waals surface area contributed by atoms with Crippen molar-refractivity contribution < 1.29 is 43.4 Å². The number of aliphatic carboxylic acids is 1. The van der Waals surface area contributed by atoms with Crippen LogP contribution in [0.5, 0.6) is 0 Å². The Hall–Kier alpha value is -3.63. The molecule has 9 atom stereocenters. The highest BCUT2D eigenvalue weighted by molar-refractivity contribution is 5.90. The minimum Gasteiger partial charge on any atom is -0.480 e. The number of hydrogen-bond donors (Lipinski definition) is 5. The van der Waals surface area contributed by atoms with Crippen LogP contribution in [-0.4, -0.2) is 128 Å². The average Bonchev–Trinajstić information content (AvgIpc) is 3.64. The fraction of sp³-hybridized carbons (Fsp3) is 0.725. The van der Waals surface area contributed by atoms with Gasteiger partial charge in [-0.2, -0.15) is 0 Å². The number of likely N-dealkylation sites (N-methyl/N-ethyl adjacent to an activating group) is 1. The fourth-order valence-corrected chi connectivity index (χ4v) is 7.54. The van der Waals surface area contributed by atoms with Crippen LogP contribution in [0.4, 0.5) is 0 Å². The average molecular weight is 777 g/mol. The molecule has 15 heteroatoms. The summed E-state index contributed by atoms with van der Waals surface area (Å²) in [6.07, 6.45) is 0.704. The highest BCUT2D eigenvalue weighted by Crippen LogP contribution is 2.30. The predicted octanol–water partition coefficient (Wildman–Crippen LogP) is 2.36. The van der Waals surface area contributed by atoms with Gasteiger partial charge in [-0.3, -0.25) is 19.2 Å². The number of benzene rings is 1. The number of carbonyl (C=O) groups excluding carboxylic acids is 4. The number of rotatable bonds is 24. The van der Waals surface area contributed by atoms with Crippen LogP contribution in [0.2, 0.25) is 0 Å². The molecule has 1 aliphatic heterocycles. The highest BCUT2D eigenvalue weighted by Gasteiger charge is 2.43. The maximum absolute atomic E-state index is 14.2. The van der Waals surface area contributed by atoms with E-state index in [-0.39, 0.29) is 54.9 Å². The lowest BCUT2D eigenvalue weighted by Crippen LogP contribution is -2.60. The van der Waals surface area contributed by atoms with Gasteiger partial charge in [0.15, 0.2) is 0 Å². The van der Waals surface area contributed by atoms with Crippen LogP contribution in [-0.2, 0) is 44.7 Å². The molecule has 312 valence electrons. The van der Waals surface area contributed by atoms with Crippen LogP contribution in [0.3, 0.4) is 0 Å². The third-order valence-corrected chi connectivity index (χ3v) is 10.9. The summed E-state index contributed by atoms with van der Waals surface area (Å²) in [7, 11) is 4.71. The molecule has 1 saturated heterocycles. The van der Waals surface area contributed by atoms with Gasteiger partial charge in [0.25, 0.3) is 0 Å². The molecule has 15 nitrogen and oxygen atoms in total. The molecule has 1 aromatic carbocycles. The molecule has 0 radical (unpaired) electrons. The van der Waals surface area contributed by atoms with Crippen molar-refractivity contribution in [3.8, 4) is 0 Å². The fourth-order valence-electron chi connectivity index (χ4n) is 7.54. The maximum Gasteiger partial charge on any atom is 0.326 e. The molecule has 1 aromatic rings. The van der Waals surface area contributed by atoms with Crippen molar-refractivity contribution in [1.82, 2.24) is 25.8 Å². The normalized spacial score (nSPS) is 18.9. The second-order valence-corrected chi connectivity index (χ2v) is 15.5. The van der Waals surface area contributed by atoms with Crippen molar-refractivity contribution in [2.24, 2.45) is 29.6 Å². The van der Waals surface area contributed by atoms with E-state index in [1.54, 1.807) is 23.8 Å². The second-order valence-electron chi connectivity index (χ2n) is 15.5. The number of carbonyl (C=O) groups is 5. The molecule has 1 fully saturated rings. The maximum atomic E-state index is 14.2. The van der Waals surface area contributed by atoms with Gasteiger partial charge >= 0.3 is 5.97 Å². The van der Waals surface area contributed by atoms with Crippen molar-refractivity contribution in [2.75, 3.05) is 41.0 Å². The largest absolute Gasteiger partial charge is 0.480 e. The summed E-state index contributed by atoms with van der Waals surface area (Å²) in [6, 6.07) is 5.59. The van der Waals surface area contributed by atoms with Crippen molar-refractivity contribution in [1.29, 1.82) is 0 Å². The van der Waals surface area contributed by atoms with Crippen LogP contribution < -0.4 is 21.8 Å². The lowest BCUT2D eigenvalue weighted by Gasteiger charge is -2.41. The van der Waals surface area contributed by atoms with Gasteiger partial charge in [-0.25, -0.2) is 10.7 Å². The van der Waals surface area contributed by atoms with Crippen molar-refractivity contribution >= 4 is 29.6 Å². The third kappa shape index (κ3) is 13.5. The monoisotopic (exact) mass is 777 g/mol. The first-order valence-electron chi connectivity index (χ1n) is 19.6. The van der Waals surface area contributed by atoms with Crippen molar-refractivity contribution in [2.45, 2.75) is 123 Å². The zero-order valence-corrected chi connectivity index (χ0v) is 34.6. The van der Waals surface area contributed by atoms with Crippen LogP contribution in [0, 0.1) is 23.7 Å². The summed E-state index contributed by atoms with van der Waals surface area (Å²) < 4.78 is 11.9. The van der Waals surface area contributed by atoms with E-state index in [2.05, 4.69) is 20.8 Å². The van der Waals surface area contributed by atoms with Gasteiger partial charge in [-0.05, 0) is 36.2 Å². The number of methoxy groups -OCH3 is 2. The minimum atomic E-state index is -1.14. The summed E-state index contributed by atoms with van der Waals surface area (Å²) in [5.41, 5.74) is 0.779. The van der Waals surface area contributed by atoms with E-state index in [4.69, 9.17) is 15.4 Å².